The number of halogens is 1. The number of hydrogen-bond acceptors (Lipinski definition) is 4. The number of ether oxygens (including phenoxy) is 1. The average Bonchev–Trinajstić information content (AvgIpc) is 2.69. The van der Waals surface area contributed by atoms with E-state index in [1.807, 2.05) is 0 Å². The molecule has 6 nitrogen and oxygen atoms in total. The molecule has 2 aromatic rings. The summed E-state index contributed by atoms with van der Waals surface area (Å²) >= 11 is 6.10. The number of carbonyl (C=O) groups is 2. The van der Waals surface area contributed by atoms with Gasteiger partial charge in [-0.15, -0.1) is 0 Å². The van der Waals surface area contributed by atoms with Crippen LogP contribution in [-0.4, -0.2) is 59.0 Å². The van der Waals surface area contributed by atoms with E-state index in [4.69, 9.17) is 16.3 Å². The molecule has 7 heteroatoms. The minimum absolute atomic E-state index is 0.124. The Bertz CT molecular complexity index is 817. The van der Waals surface area contributed by atoms with Crippen LogP contribution >= 0.6 is 11.6 Å². The molecule has 1 atom stereocenters. The number of carbonyl (C=O) groups excluding carboxylic acids is 2. The first-order valence-electron chi connectivity index (χ1n) is 8.74. The highest BCUT2D eigenvalue weighted by Crippen LogP contribution is 2.20. The summed E-state index contributed by atoms with van der Waals surface area (Å²) in [5.41, 5.74) is 0.475. The molecule has 142 valence electrons. The van der Waals surface area contributed by atoms with Crippen molar-refractivity contribution in [3.63, 3.8) is 0 Å². The molecular formula is C20H21ClN2O4. The molecule has 1 aliphatic heterocycles. The third-order valence-electron chi connectivity index (χ3n) is 4.48. The Morgan fingerprint density at radius 2 is 1.59 bits per heavy atom. The van der Waals surface area contributed by atoms with E-state index >= 15 is 0 Å². The first-order valence-corrected chi connectivity index (χ1v) is 9.12. The van der Waals surface area contributed by atoms with Gasteiger partial charge in [-0.05, 0) is 43.3 Å². The predicted molar refractivity (Wildman–Crippen MR) is 102 cm³/mol. The van der Waals surface area contributed by atoms with Crippen LogP contribution in [0, 0.1) is 0 Å². The van der Waals surface area contributed by atoms with Crippen molar-refractivity contribution in [3.8, 4) is 11.5 Å². The Balaban J connectivity index is 1.55. The number of amides is 2. The molecule has 27 heavy (non-hydrogen) atoms. The van der Waals surface area contributed by atoms with Gasteiger partial charge in [-0.1, -0.05) is 23.7 Å². The summed E-state index contributed by atoms with van der Waals surface area (Å²) in [5, 5.41) is 9.73. The van der Waals surface area contributed by atoms with Crippen LogP contribution in [0.2, 0.25) is 5.02 Å². The van der Waals surface area contributed by atoms with Crippen molar-refractivity contribution in [1.82, 2.24) is 9.80 Å². The molecule has 1 unspecified atom stereocenters. The molecule has 0 spiro atoms. The lowest BCUT2D eigenvalue weighted by molar-refractivity contribution is -0.139. The van der Waals surface area contributed by atoms with E-state index in [9.17, 15) is 14.7 Å². The topological polar surface area (TPSA) is 70.1 Å². The summed E-state index contributed by atoms with van der Waals surface area (Å²) in [7, 11) is 0. The van der Waals surface area contributed by atoms with E-state index in [0.29, 0.717) is 42.5 Å². The molecule has 0 saturated carbocycles. The fourth-order valence-corrected chi connectivity index (χ4v) is 3.19. The van der Waals surface area contributed by atoms with Crippen LogP contribution in [0.3, 0.4) is 0 Å². The number of nitrogens with zero attached hydrogens (tertiary/aromatic N) is 2. The largest absolute Gasteiger partial charge is 0.508 e. The molecule has 1 N–H and O–H groups in total. The lowest BCUT2D eigenvalue weighted by atomic mass is 10.1. The summed E-state index contributed by atoms with van der Waals surface area (Å²) in [4.78, 5) is 28.6. The van der Waals surface area contributed by atoms with Gasteiger partial charge < -0.3 is 19.6 Å². The lowest BCUT2D eigenvalue weighted by Gasteiger charge is -2.36. The van der Waals surface area contributed by atoms with Crippen LogP contribution in [0.5, 0.6) is 11.5 Å². The summed E-state index contributed by atoms with van der Waals surface area (Å²) in [6.45, 7) is 3.47. The monoisotopic (exact) mass is 388 g/mol. The second kappa shape index (κ2) is 8.31. The van der Waals surface area contributed by atoms with E-state index < -0.39 is 6.10 Å². The summed E-state index contributed by atoms with van der Waals surface area (Å²) in [6.07, 6.45) is -0.652. The van der Waals surface area contributed by atoms with Crippen LogP contribution in [0.15, 0.2) is 48.5 Å². The molecule has 1 heterocycles. The molecule has 1 fully saturated rings. The molecule has 0 bridgehead atoms. The van der Waals surface area contributed by atoms with Crippen LogP contribution in [-0.2, 0) is 4.79 Å². The van der Waals surface area contributed by atoms with Crippen molar-refractivity contribution < 1.29 is 19.4 Å². The predicted octanol–water partition coefficient (Wildman–Crippen LogP) is 2.80. The van der Waals surface area contributed by atoms with E-state index in [-0.39, 0.29) is 17.6 Å². The normalized spacial score (nSPS) is 15.3. The Morgan fingerprint density at radius 3 is 2.22 bits per heavy atom. The molecule has 1 saturated heterocycles. The van der Waals surface area contributed by atoms with Gasteiger partial charge in [0.15, 0.2) is 6.10 Å². The fourth-order valence-electron chi connectivity index (χ4n) is 2.97. The lowest BCUT2D eigenvalue weighted by Crippen LogP contribution is -2.53. The summed E-state index contributed by atoms with van der Waals surface area (Å²) in [6, 6.07) is 13.2. The van der Waals surface area contributed by atoms with Crippen LogP contribution in [0.25, 0.3) is 0 Å². The van der Waals surface area contributed by atoms with Gasteiger partial charge in [0, 0.05) is 26.2 Å². The van der Waals surface area contributed by atoms with E-state index in [1.165, 1.54) is 12.1 Å². The first-order chi connectivity index (χ1) is 13.0. The number of phenols is 1. The second-order valence-electron chi connectivity index (χ2n) is 6.35. The SMILES string of the molecule is CC(Oc1ccc(O)cc1)C(=O)N1CCN(C(=O)c2ccccc2Cl)CC1. The highest BCUT2D eigenvalue weighted by atomic mass is 35.5. The maximum absolute atomic E-state index is 12.6. The zero-order chi connectivity index (χ0) is 19.4. The van der Waals surface area contributed by atoms with Gasteiger partial charge in [-0.3, -0.25) is 9.59 Å². The molecule has 0 radical (unpaired) electrons. The van der Waals surface area contributed by atoms with Gasteiger partial charge in [0.2, 0.25) is 0 Å². The highest BCUT2D eigenvalue weighted by Gasteiger charge is 2.28. The quantitative estimate of drug-likeness (QED) is 0.874. The Labute approximate surface area is 162 Å². The molecule has 1 aliphatic rings. The standard InChI is InChI=1S/C20H21ClN2O4/c1-14(27-16-8-6-15(24)7-9-16)19(25)22-10-12-23(13-11-22)20(26)17-4-2-3-5-18(17)21/h2-9,14,24H,10-13H2,1H3. The average molecular weight is 389 g/mol. The van der Waals surface area contributed by atoms with E-state index in [1.54, 1.807) is 53.1 Å². The van der Waals surface area contributed by atoms with Crippen molar-refractivity contribution in [2.75, 3.05) is 26.2 Å². The third kappa shape index (κ3) is 4.52. The highest BCUT2D eigenvalue weighted by molar-refractivity contribution is 6.33. The van der Waals surface area contributed by atoms with Crippen molar-refractivity contribution in [2.45, 2.75) is 13.0 Å². The number of phenolic OH excluding ortho intramolecular Hbond substituents is 1. The Hall–Kier alpha value is -2.73. The van der Waals surface area contributed by atoms with Crippen molar-refractivity contribution in [3.05, 3.63) is 59.1 Å². The van der Waals surface area contributed by atoms with Crippen LogP contribution < -0.4 is 4.74 Å². The number of piperazine rings is 1. The second-order valence-corrected chi connectivity index (χ2v) is 6.76. The van der Waals surface area contributed by atoms with Gasteiger partial charge in [-0.25, -0.2) is 0 Å². The van der Waals surface area contributed by atoms with Gasteiger partial charge in [0.1, 0.15) is 11.5 Å². The maximum atomic E-state index is 12.6. The van der Waals surface area contributed by atoms with E-state index in [0.717, 1.165) is 0 Å². The summed E-state index contributed by atoms with van der Waals surface area (Å²) < 4.78 is 5.64. The van der Waals surface area contributed by atoms with Crippen LogP contribution in [0.4, 0.5) is 0 Å². The van der Waals surface area contributed by atoms with Crippen molar-refractivity contribution in [1.29, 1.82) is 0 Å². The van der Waals surface area contributed by atoms with Gasteiger partial charge in [-0.2, -0.15) is 0 Å². The minimum atomic E-state index is -0.652. The van der Waals surface area contributed by atoms with Gasteiger partial charge in [0.05, 0.1) is 10.6 Å². The molecule has 0 aliphatic carbocycles. The molecule has 3 rings (SSSR count). The zero-order valence-corrected chi connectivity index (χ0v) is 15.7. The minimum Gasteiger partial charge on any atom is -0.508 e. The zero-order valence-electron chi connectivity index (χ0n) is 15.0. The van der Waals surface area contributed by atoms with Gasteiger partial charge >= 0.3 is 0 Å². The number of aromatic hydroxyl groups is 1. The maximum Gasteiger partial charge on any atom is 0.263 e. The fraction of sp³-hybridized carbons (Fsp3) is 0.300. The number of benzene rings is 2. The third-order valence-corrected chi connectivity index (χ3v) is 4.81. The molecule has 0 aromatic heterocycles. The molecular weight excluding hydrogens is 368 g/mol. The Kier molecular flexibility index (Phi) is 5.86. The van der Waals surface area contributed by atoms with Crippen LogP contribution in [0.1, 0.15) is 17.3 Å². The summed E-state index contributed by atoms with van der Waals surface area (Å²) in [5.74, 6) is 0.399. The molecule has 2 aromatic carbocycles. The molecule has 2 amide bonds. The Morgan fingerprint density at radius 1 is 1.00 bits per heavy atom. The number of hydrogen-bond donors (Lipinski definition) is 1. The van der Waals surface area contributed by atoms with Gasteiger partial charge in [0.25, 0.3) is 11.8 Å². The number of rotatable bonds is 4. The van der Waals surface area contributed by atoms with Crippen molar-refractivity contribution in [2.24, 2.45) is 0 Å². The van der Waals surface area contributed by atoms with Crippen molar-refractivity contribution >= 4 is 23.4 Å². The van der Waals surface area contributed by atoms with E-state index in [2.05, 4.69) is 0 Å². The smallest absolute Gasteiger partial charge is 0.263 e. The first kappa shape index (κ1) is 19.0.